The van der Waals surface area contributed by atoms with Crippen LogP contribution in [0.4, 0.5) is 5.69 Å². The number of hydrogen-bond acceptors (Lipinski definition) is 5. The Balaban J connectivity index is 3.17. The molecule has 0 aliphatic rings. The van der Waals surface area contributed by atoms with Crippen molar-refractivity contribution in [3.63, 3.8) is 0 Å². The summed E-state index contributed by atoms with van der Waals surface area (Å²) in [5, 5.41) is 7.37. The quantitative estimate of drug-likeness (QED) is 0.409. The predicted octanol–water partition coefficient (Wildman–Crippen LogP) is 1.30. The van der Waals surface area contributed by atoms with E-state index in [-0.39, 0.29) is 0 Å². The van der Waals surface area contributed by atoms with Crippen LogP contribution in [0.3, 0.4) is 0 Å². The number of hydrazone groups is 2. The number of benzene rings is 1. The Morgan fingerprint density at radius 2 is 1.71 bits per heavy atom. The second-order valence-electron chi connectivity index (χ2n) is 2.46. The van der Waals surface area contributed by atoms with Gasteiger partial charge >= 0.3 is 0 Å². The summed E-state index contributed by atoms with van der Waals surface area (Å²) in [5.74, 6) is 0. The Morgan fingerprint density at radius 3 is 2.21 bits per heavy atom. The molecule has 0 bridgehead atoms. The average molecular weight is 189 g/mol. The predicted molar refractivity (Wildman–Crippen MR) is 49.9 cm³/mol. The van der Waals surface area contributed by atoms with Gasteiger partial charge in [-0.3, -0.25) is 0 Å². The molecule has 14 heavy (non-hydrogen) atoms. The van der Waals surface area contributed by atoms with Gasteiger partial charge in [0.1, 0.15) is 0 Å². The summed E-state index contributed by atoms with van der Waals surface area (Å²) >= 11 is 0. The number of aryl methyl sites for hydroxylation is 1. The molecule has 1 rings (SSSR count). The third-order valence-corrected chi connectivity index (χ3v) is 1.60. The number of para-hydroxylation sites is 1. The van der Waals surface area contributed by atoms with Gasteiger partial charge in [0.2, 0.25) is 0 Å². The lowest BCUT2D eigenvalue weighted by atomic mass is 10.2. The van der Waals surface area contributed by atoms with Crippen molar-refractivity contribution in [3.8, 4) is 0 Å². The van der Waals surface area contributed by atoms with Crippen molar-refractivity contribution in [2.75, 3.05) is 5.12 Å². The van der Waals surface area contributed by atoms with Crippen molar-refractivity contribution in [1.82, 2.24) is 0 Å². The molecule has 0 aromatic heterocycles. The van der Waals surface area contributed by atoms with Crippen LogP contribution in [0.1, 0.15) is 5.56 Å². The molecule has 0 radical (unpaired) electrons. The smallest absolute Gasteiger partial charge is 0.209 e. The molecule has 0 atom stereocenters. The van der Waals surface area contributed by atoms with Gasteiger partial charge in [-0.1, -0.05) is 28.4 Å². The van der Waals surface area contributed by atoms with Crippen LogP contribution in [0, 0.1) is 6.92 Å². The van der Waals surface area contributed by atoms with Gasteiger partial charge in [-0.05, 0) is 18.6 Å². The van der Waals surface area contributed by atoms with Crippen molar-refractivity contribution in [3.05, 3.63) is 29.8 Å². The monoisotopic (exact) mass is 189 g/mol. The van der Waals surface area contributed by atoms with E-state index in [0.717, 1.165) is 10.7 Å². The van der Waals surface area contributed by atoms with E-state index in [4.69, 9.17) is 0 Å². The van der Waals surface area contributed by atoms with Crippen molar-refractivity contribution >= 4 is 17.8 Å². The summed E-state index contributed by atoms with van der Waals surface area (Å²) in [6.45, 7) is 1.81. The van der Waals surface area contributed by atoms with Crippen LogP contribution in [0.15, 0.2) is 34.5 Å². The number of rotatable bonds is 3. The molecule has 0 aliphatic heterocycles. The lowest BCUT2D eigenvalue weighted by molar-refractivity contribution is 0.558. The van der Waals surface area contributed by atoms with E-state index in [0.29, 0.717) is 5.69 Å². The molecule has 0 saturated heterocycles. The first-order valence-electron chi connectivity index (χ1n) is 3.81. The zero-order valence-electron chi connectivity index (χ0n) is 7.47. The van der Waals surface area contributed by atoms with E-state index >= 15 is 0 Å². The van der Waals surface area contributed by atoms with Gasteiger partial charge in [0.15, 0.2) is 0 Å². The fraction of sp³-hybridized carbons (Fsp3) is 0.111. The number of hydrogen-bond donors (Lipinski definition) is 0. The highest BCUT2D eigenvalue weighted by atomic mass is 16.1. The molecule has 0 fully saturated rings. The number of anilines is 1. The van der Waals surface area contributed by atoms with Gasteiger partial charge in [-0.25, -0.2) is 9.59 Å². The van der Waals surface area contributed by atoms with Crippen LogP contribution < -0.4 is 5.12 Å². The molecule has 5 heteroatoms. The highest BCUT2D eigenvalue weighted by Gasteiger charge is 2.05. The summed E-state index contributed by atoms with van der Waals surface area (Å²) in [5.41, 5.74) is 1.38. The summed E-state index contributed by atoms with van der Waals surface area (Å²) < 4.78 is 0. The van der Waals surface area contributed by atoms with Crippen LogP contribution in [0.25, 0.3) is 0 Å². The molecule has 0 unspecified atom stereocenters. The maximum Gasteiger partial charge on any atom is 0.260 e. The van der Waals surface area contributed by atoms with Gasteiger partial charge in [0.05, 0.1) is 5.69 Å². The zero-order valence-corrected chi connectivity index (χ0v) is 7.47. The molecule has 0 amide bonds. The molecule has 0 spiro atoms. The largest absolute Gasteiger partial charge is 0.260 e. The SMILES string of the molecule is Cc1ccccc1N(N=C=O)N=C=O. The molecule has 5 nitrogen and oxygen atoms in total. The first-order chi connectivity index (χ1) is 6.79. The summed E-state index contributed by atoms with van der Waals surface area (Å²) in [4.78, 5) is 20.1. The molecule has 70 valence electrons. The van der Waals surface area contributed by atoms with Gasteiger partial charge in [-0.15, -0.1) is 5.12 Å². The average Bonchev–Trinajstić information content (AvgIpc) is 2.18. The number of carbonyl (C=O) groups excluding carboxylic acids is 2. The fourth-order valence-electron chi connectivity index (χ4n) is 0.995. The maximum atomic E-state index is 10.1. The van der Waals surface area contributed by atoms with Gasteiger partial charge in [0.25, 0.3) is 12.2 Å². The third kappa shape index (κ3) is 2.14. The Kier molecular flexibility index (Phi) is 3.33. The van der Waals surface area contributed by atoms with Gasteiger partial charge in [-0.2, -0.15) is 0 Å². The van der Waals surface area contributed by atoms with E-state index < -0.39 is 0 Å². The van der Waals surface area contributed by atoms with E-state index in [9.17, 15) is 9.59 Å². The lowest BCUT2D eigenvalue weighted by Gasteiger charge is -2.10. The normalized spacial score (nSPS) is 8.36. The lowest BCUT2D eigenvalue weighted by Crippen LogP contribution is -2.07. The van der Waals surface area contributed by atoms with E-state index in [2.05, 4.69) is 10.2 Å². The van der Waals surface area contributed by atoms with Crippen LogP contribution in [-0.4, -0.2) is 12.2 Å². The summed E-state index contributed by atoms with van der Waals surface area (Å²) in [6, 6.07) is 7.06. The molecule has 1 aromatic carbocycles. The zero-order chi connectivity index (χ0) is 10.4. The van der Waals surface area contributed by atoms with Crippen LogP contribution >= 0.6 is 0 Å². The topological polar surface area (TPSA) is 62.1 Å². The highest BCUT2D eigenvalue weighted by Crippen LogP contribution is 2.19. The molecule has 0 heterocycles. The summed E-state index contributed by atoms with van der Waals surface area (Å²) in [7, 11) is 0. The molecular weight excluding hydrogens is 182 g/mol. The first kappa shape index (κ1) is 9.86. The Labute approximate surface area is 80.3 Å². The Bertz CT molecular complexity index is 400. The maximum absolute atomic E-state index is 10.1. The van der Waals surface area contributed by atoms with Gasteiger partial charge in [0, 0.05) is 0 Å². The third-order valence-electron chi connectivity index (χ3n) is 1.60. The van der Waals surface area contributed by atoms with Crippen LogP contribution in [-0.2, 0) is 9.59 Å². The standard InChI is InChI=1S/C9H7N3O2/c1-8-4-2-3-5-9(8)12(10-6-13)11-7-14/h2-5H,1H3. The number of nitrogens with zero attached hydrogens (tertiary/aromatic N) is 3. The first-order valence-corrected chi connectivity index (χ1v) is 3.81. The molecule has 0 N–H and O–H groups in total. The minimum Gasteiger partial charge on any atom is -0.209 e. The van der Waals surface area contributed by atoms with Crippen molar-refractivity contribution in [2.24, 2.45) is 10.2 Å². The second-order valence-corrected chi connectivity index (χ2v) is 2.46. The Morgan fingerprint density at radius 1 is 1.14 bits per heavy atom. The van der Waals surface area contributed by atoms with E-state index in [1.54, 1.807) is 12.1 Å². The highest BCUT2D eigenvalue weighted by molar-refractivity contribution is 5.55. The fourth-order valence-corrected chi connectivity index (χ4v) is 0.995. The van der Waals surface area contributed by atoms with Crippen LogP contribution in [0.2, 0.25) is 0 Å². The Hall–Kier alpha value is -2.22. The van der Waals surface area contributed by atoms with E-state index in [1.807, 2.05) is 19.1 Å². The van der Waals surface area contributed by atoms with Crippen molar-refractivity contribution in [2.45, 2.75) is 6.92 Å². The molecule has 1 aromatic rings. The minimum atomic E-state index is 0.541. The molecular formula is C9H7N3O2. The molecule has 0 aliphatic carbocycles. The minimum absolute atomic E-state index is 0.541. The van der Waals surface area contributed by atoms with Crippen LogP contribution in [0.5, 0.6) is 0 Å². The van der Waals surface area contributed by atoms with E-state index in [1.165, 1.54) is 12.2 Å². The number of isocyanates is 2. The summed E-state index contributed by atoms with van der Waals surface area (Å²) in [6.07, 6.45) is 2.61. The molecule has 0 saturated carbocycles. The van der Waals surface area contributed by atoms with Crippen molar-refractivity contribution < 1.29 is 9.59 Å². The second kappa shape index (κ2) is 4.72. The van der Waals surface area contributed by atoms with Crippen molar-refractivity contribution in [1.29, 1.82) is 0 Å². The van der Waals surface area contributed by atoms with Gasteiger partial charge < -0.3 is 0 Å².